The van der Waals surface area contributed by atoms with Crippen LogP contribution in [0.4, 0.5) is 10.1 Å². The second-order valence-corrected chi connectivity index (χ2v) is 5.59. The number of nitrogens with one attached hydrogen (secondary N) is 1. The fourth-order valence-electron chi connectivity index (χ4n) is 3.19. The number of halogens is 1. The molecular formula is C18H18FNO. The van der Waals surface area contributed by atoms with Gasteiger partial charge in [0.25, 0.3) is 0 Å². The van der Waals surface area contributed by atoms with E-state index in [0.29, 0.717) is 0 Å². The lowest BCUT2D eigenvalue weighted by atomic mass is 9.78. The molecule has 0 aromatic heterocycles. The molecule has 2 aromatic rings. The van der Waals surface area contributed by atoms with Crippen molar-refractivity contribution < 1.29 is 9.18 Å². The minimum atomic E-state index is -0.524. The number of benzene rings is 2. The average Bonchev–Trinajstić information content (AvgIpc) is 3.01. The van der Waals surface area contributed by atoms with Crippen molar-refractivity contribution in [1.82, 2.24) is 0 Å². The third kappa shape index (κ3) is 2.56. The lowest BCUT2D eigenvalue weighted by Crippen LogP contribution is -2.38. The first kappa shape index (κ1) is 13.8. The highest BCUT2D eigenvalue weighted by Gasteiger charge is 2.42. The van der Waals surface area contributed by atoms with Crippen molar-refractivity contribution in [2.45, 2.75) is 31.1 Å². The fraction of sp³-hybridized carbons (Fsp3) is 0.278. The van der Waals surface area contributed by atoms with Crippen LogP contribution in [0.1, 0.15) is 31.2 Å². The first-order valence-electron chi connectivity index (χ1n) is 7.34. The molecule has 3 rings (SSSR count). The topological polar surface area (TPSA) is 29.1 Å². The van der Waals surface area contributed by atoms with Crippen LogP contribution < -0.4 is 5.32 Å². The normalized spacial score (nSPS) is 16.6. The minimum Gasteiger partial charge on any atom is -0.323 e. The first-order valence-corrected chi connectivity index (χ1v) is 7.34. The molecular weight excluding hydrogens is 265 g/mol. The van der Waals surface area contributed by atoms with Gasteiger partial charge in [-0.2, -0.15) is 0 Å². The first-order chi connectivity index (χ1) is 10.2. The van der Waals surface area contributed by atoms with E-state index in [1.54, 1.807) is 18.2 Å². The van der Waals surface area contributed by atoms with E-state index in [1.165, 1.54) is 6.07 Å². The number of para-hydroxylation sites is 1. The molecule has 1 aliphatic carbocycles. The van der Waals surface area contributed by atoms with Gasteiger partial charge in [-0.05, 0) is 30.5 Å². The van der Waals surface area contributed by atoms with Crippen LogP contribution in [0.3, 0.4) is 0 Å². The molecule has 0 bridgehead atoms. The lowest BCUT2D eigenvalue weighted by molar-refractivity contribution is -0.121. The van der Waals surface area contributed by atoms with E-state index in [2.05, 4.69) is 5.32 Å². The summed E-state index contributed by atoms with van der Waals surface area (Å²) in [6.45, 7) is 0. The van der Waals surface area contributed by atoms with E-state index in [-0.39, 0.29) is 11.6 Å². The van der Waals surface area contributed by atoms with Crippen LogP contribution >= 0.6 is 0 Å². The summed E-state index contributed by atoms with van der Waals surface area (Å²) in [5, 5.41) is 2.78. The zero-order valence-corrected chi connectivity index (χ0v) is 11.8. The minimum absolute atomic E-state index is 0.101. The van der Waals surface area contributed by atoms with E-state index in [0.717, 1.165) is 31.2 Å². The van der Waals surface area contributed by atoms with E-state index in [4.69, 9.17) is 0 Å². The second-order valence-electron chi connectivity index (χ2n) is 5.59. The van der Waals surface area contributed by atoms with Gasteiger partial charge >= 0.3 is 0 Å². The predicted molar refractivity (Wildman–Crippen MR) is 81.6 cm³/mol. The average molecular weight is 283 g/mol. The van der Waals surface area contributed by atoms with Crippen LogP contribution in [0.2, 0.25) is 0 Å². The summed E-state index contributed by atoms with van der Waals surface area (Å²) in [4.78, 5) is 12.8. The van der Waals surface area contributed by atoms with Gasteiger partial charge in [-0.15, -0.1) is 0 Å². The van der Waals surface area contributed by atoms with E-state index in [1.807, 2.05) is 30.3 Å². The zero-order chi connectivity index (χ0) is 14.7. The van der Waals surface area contributed by atoms with Crippen LogP contribution in [0.5, 0.6) is 0 Å². The smallest absolute Gasteiger partial charge is 0.235 e. The Balaban J connectivity index is 1.92. The van der Waals surface area contributed by atoms with Crippen molar-refractivity contribution >= 4 is 11.6 Å². The zero-order valence-electron chi connectivity index (χ0n) is 11.8. The highest BCUT2D eigenvalue weighted by molar-refractivity contribution is 5.99. The van der Waals surface area contributed by atoms with Gasteiger partial charge in [0.15, 0.2) is 0 Å². The molecule has 1 N–H and O–H groups in total. The fourth-order valence-corrected chi connectivity index (χ4v) is 3.19. The van der Waals surface area contributed by atoms with Crippen molar-refractivity contribution in [2.24, 2.45) is 0 Å². The maximum Gasteiger partial charge on any atom is 0.235 e. The summed E-state index contributed by atoms with van der Waals surface area (Å²) in [6.07, 6.45) is 3.69. The van der Waals surface area contributed by atoms with Gasteiger partial charge in [-0.25, -0.2) is 4.39 Å². The lowest BCUT2D eigenvalue weighted by Gasteiger charge is -2.28. The summed E-state index contributed by atoms with van der Waals surface area (Å²) in [7, 11) is 0. The number of hydrogen-bond donors (Lipinski definition) is 1. The Labute approximate surface area is 124 Å². The summed E-state index contributed by atoms with van der Waals surface area (Å²) in [5.74, 6) is -0.497. The Hall–Kier alpha value is -2.16. The van der Waals surface area contributed by atoms with E-state index in [9.17, 15) is 9.18 Å². The third-order valence-electron chi connectivity index (χ3n) is 4.34. The van der Waals surface area contributed by atoms with Crippen LogP contribution in [0.25, 0.3) is 0 Å². The monoisotopic (exact) mass is 283 g/mol. The molecule has 1 saturated carbocycles. The number of carbonyl (C=O) groups is 1. The molecule has 0 aliphatic heterocycles. The third-order valence-corrected chi connectivity index (χ3v) is 4.34. The Morgan fingerprint density at radius 1 is 0.952 bits per heavy atom. The van der Waals surface area contributed by atoms with Crippen molar-refractivity contribution in [3.05, 3.63) is 66.0 Å². The number of carbonyl (C=O) groups excluding carboxylic acids is 1. The standard InChI is InChI=1S/C18H18FNO/c19-15-10-4-5-11-16(15)20-17(21)18(12-6-7-13-18)14-8-2-1-3-9-14/h1-5,8-11H,6-7,12-13H2,(H,20,21). The Kier molecular flexibility index (Phi) is 3.74. The van der Waals surface area contributed by atoms with Gasteiger partial charge in [0.05, 0.1) is 11.1 Å². The highest BCUT2D eigenvalue weighted by atomic mass is 19.1. The Bertz CT molecular complexity index is 633. The van der Waals surface area contributed by atoms with Gasteiger partial charge in [0.2, 0.25) is 5.91 Å². The number of anilines is 1. The highest BCUT2D eigenvalue weighted by Crippen LogP contribution is 2.42. The van der Waals surface area contributed by atoms with Crippen LogP contribution in [0, 0.1) is 5.82 Å². The van der Waals surface area contributed by atoms with Gasteiger partial charge in [-0.1, -0.05) is 55.3 Å². The quantitative estimate of drug-likeness (QED) is 0.895. The molecule has 21 heavy (non-hydrogen) atoms. The SMILES string of the molecule is O=C(Nc1ccccc1F)C1(c2ccccc2)CCCC1. The molecule has 3 heteroatoms. The van der Waals surface area contributed by atoms with E-state index >= 15 is 0 Å². The maximum atomic E-state index is 13.7. The number of rotatable bonds is 3. The molecule has 0 radical (unpaired) electrons. The van der Waals surface area contributed by atoms with Crippen LogP contribution in [0.15, 0.2) is 54.6 Å². The van der Waals surface area contributed by atoms with Crippen molar-refractivity contribution in [2.75, 3.05) is 5.32 Å². The molecule has 1 amide bonds. The molecule has 2 aromatic carbocycles. The summed E-state index contributed by atoms with van der Waals surface area (Å²) < 4.78 is 13.7. The van der Waals surface area contributed by atoms with Crippen LogP contribution in [-0.4, -0.2) is 5.91 Å². The van der Waals surface area contributed by atoms with Crippen molar-refractivity contribution in [1.29, 1.82) is 0 Å². The molecule has 0 heterocycles. The predicted octanol–water partition coefficient (Wildman–Crippen LogP) is 4.28. The van der Waals surface area contributed by atoms with Gasteiger partial charge in [0, 0.05) is 0 Å². The second kappa shape index (κ2) is 5.68. The van der Waals surface area contributed by atoms with E-state index < -0.39 is 11.2 Å². The molecule has 0 spiro atoms. The van der Waals surface area contributed by atoms with Crippen LogP contribution in [-0.2, 0) is 10.2 Å². The molecule has 0 saturated heterocycles. The Morgan fingerprint density at radius 3 is 2.24 bits per heavy atom. The molecule has 0 atom stereocenters. The summed E-state index contributed by atoms with van der Waals surface area (Å²) in [6, 6.07) is 16.1. The molecule has 2 nitrogen and oxygen atoms in total. The molecule has 1 fully saturated rings. The number of hydrogen-bond acceptors (Lipinski definition) is 1. The van der Waals surface area contributed by atoms with Gasteiger partial charge in [-0.3, -0.25) is 4.79 Å². The molecule has 0 unspecified atom stereocenters. The summed E-state index contributed by atoms with van der Waals surface area (Å²) >= 11 is 0. The molecule has 108 valence electrons. The summed E-state index contributed by atoms with van der Waals surface area (Å²) in [5.41, 5.74) is 0.754. The number of amides is 1. The maximum absolute atomic E-state index is 13.7. The van der Waals surface area contributed by atoms with Gasteiger partial charge in [0.1, 0.15) is 5.82 Å². The molecule has 1 aliphatic rings. The van der Waals surface area contributed by atoms with Crippen molar-refractivity contribution in [3.63, 3.8) is 0 Å². The van der Waals surface area contributed by atoms with Gasteiger partial charge < -0.3 is 5.32 Å². The van der Waals surface area contributed by atoms with Crippen molar-refractivity contribution in [3.8, 4) is 0 Å². The largest absolute Gasteiger partial charge is 0.323 e. The Morgan fingerprint density at radius 2 is 1.57 bits per heavy atom.